The molecule has 0 aromatic heterocycles. The molecule has 190 valence electrons. The third-order valence-electron chi connectivity index (χ3n) is 5.14. The Morgan fingerprint density at radius 2 is 1.70 bits per heavy atom. The molecule has 0 amide bonds. The molecule has 33 heavy (non-hydrogen) atoms. The standard InChI is InChI=1S/C27H45BrO5/c1-6-8-11-25(12-9-17-30-18-10-15-28)27(4,5)24(3)13-14-26(7-2)33-23-22-32-21-20-31-19-16-29/h6,9,11-14,29H,1,7-8,10,15-23H2,2-5H3/b12-9-,24-13+,25-11+,26-14+. The lowest BCUT2D eigenvalue weighted by Crippen LogP contribution is -2.15. The average Bonchev–Trinajstić information content (AvgIpc) is 2.81. The van der Waals surface area contributed by atoms with Crippen molar-refractivity contribution >= 4 is 15.9 Å². The van der Waals surface area contributed by atoms with E-state index in [2.05, 4.69) is 80.6 Å². The highest BCUT2D eigenvalue weighted by Crippen LogP contribution is 2.36. The van der Waals surface area contributed by atoms with Crippen molar-refractivity contribution in [1.82, 2.24) is 0 Å². The quantitative estimate of drug-likeness (QED) is 0.0635. The molecule has 0 saturated carbocycles. The summed E-state index contributed by atoms with van der Waals surface area (Å²) in [6.07, 6.45) is 15.2. The molecule has 0 bridgehead atoms. The van der Waals surface area contributed by atoms with E-state index in [9.17, 15) is 0 Å². The van der Waals surface area contributed by atoms with Crippen LogP contribution in [0.1, 0.15) is 47.0 Å². The highest BCUT2D eigenvalue weighted by molar-refractivity contribution is 9.09. The van der Waals surface area contributed by atoms with Crippen molar-refractivity contribution in [3.05, 3.63) is 59.9 Å². The Hall–Kier alpha value is -1.18. The molecular weight excluding hydrogens is 484 g/mol. The molecule has 0 spiro atoms. The summed E-state index contributed by atoms with van der Waals surface area (Å²) in [6.45, 7) is 16.3. The minimum Gasteiger partial charge on any atom is -0.496 e. The molecule has 6 heteroatoms. The molecule has 0 rings (SSSR count). The van der Waals surface area contributed by atoms with Gasteiger partial charge in [0, 0.05) is 23.8 Å². The lowest BCUT2D eigenvalue weighted by atomic mass is 9.77. The van der Waals surface area contributed by atoms with Crippen LogP contribution in [0.3, 0.4) is 0 Å². The second-order valence-electron chi connectivity index (χ2n) is 7.96. The van der Waals surface area contributed by atoms with Gasteiger partial charge in [0.05, 0.1) is 45.4 Å². The van der Waals surface area contributed by atoms with Crippen LogP contribution in [0, 0.1) is 5.41 Å². The van der Waals surface area contributed by atoms with Gasteiger partial charge in [-0.15, -0.1) is 6.58 Å². The van der Waals surface area contributed by atoms with Gasteiger partial charge in [-0.25, -0.2) is 0 Å². The second kappa shape index (κ2) is 21.4. The number of aliphatic hydroxyl groups excluding tert-OH is 1. The van der Waals surface area contributed by atoms with E-state index < -0.39 is 0 Å². The van der Waals surface area contributed by atoms with Crippen molar-refractivity contribution in [3.8, 4) is 0 Å². The van der Waals surface area contributed by atoms with Gasteiger partial charge in [0.1, 0.15) is 6.61 Å². The zero-order chi connectivity index (χ0) is 24.8. The second-order valence-corrected chi connectivity index (χ2v) is 8.75. The molecular formula is C27H45BrO5. The molecule has 0 aromatic carbocycles. The smallest absolute Gasteiger partial charge is 0.111 e. The molecule has 0 radical (unpaired) electrons. The minimum absolute atomic E-state index is 0.0331. The zero-order valence-electron chi connectivity index (χ0n) is 21.1. The van der Waals surface area contributed by atoms with Crippen LogP contribution in [-0.2, 0) is 18.9 Å². The maximum Gasteiger partial charge on any atom is 0.111 e. The van der Waals surface area contributed by atoms with E-state index in [0.717, 1.165) is 37.0 Å². The fraction of sp³-hybridized carbons (Fsp3) is 0.630. The fourth-order valence-corrected chi connectivity index (χ4v) is 2.99. The van der Waals surface area contributed by atoms with E-state index in [1.54, 1.807) is 0 Å². The van der Waals surface area contributed by atoms with Gasteiger partial charge in [-0.05, 0) is 31.4 Å². The lowest BCUT2D eigenvalue weighted by molar-refractivity contribution is 0.0171. The summed E-state index contributed by atoms with van der Waals surface area (Å²) < 4.78 is 22.2. The van der Waals surface area contributed by atoms with E-state index >= 15 is 0 Å². The highest BCUT2D eigenvalue weighted by atomic mass is 79.9. The number of aliphatic hydroxyl groups is 1. The summed E-state index contributed by atoms with van der Waals surface area (Å²) in [7, 11) is 0. The third kappa shape index (κ3) is 16.1. The molecule has 0 aliphatic carbocycles. The predicted molar refractivity (Wildman–Crippen MR) is 142 cm³/mol. The van der Waals surface area contributed by atoms with Crippen LogP contribution < -0.4 is 0 Å². The lowest BCUT2D eigenvalue weighted by Gasteiger charge is -2.28. The van der Waals surface area contributed by atoms with Crippen LogP contribution in [0.5, 0.6) is 0 Å². The number of hydrogen-bond donors (Lipinski definition) is 1. The number of alkyl halides is 1. The van der Waals surface area contributed by atoms with Crippen molar-refractivity contribution in [2.24, 2.45) is 5.41 Å². The maximum atomic E-state index is 8.66. The molecule has 0 heterocycles. The van der Waals surface area contributed by atoms with Crippen molar-refractivity contribution in [2.45, 2.75) is 47.0 Å². The molecule has 0 saturated heterocycles. The summed E-state index contributed by atoms with van der Waals surface area (Å²) in [5.74, 6) is 0.928. The van der Waals surface area contributed by atoms with Gasteiger partial charge in [0.2, 0.25) is 0 Å². The maximum absolute atomic E-state index is 8.66. The SMILES string of the molecule is C=CC/C=C(\C=C/COCCCBr)C(C)(C)/C(C)=C/C=C(\CC)OCCOCCOCCO. The molecule has 0 aliphatic heterocycles. The van der Waals surface area contributed by atoms with Crippen LogP contribution in [0.4, 0.5) is 0 Å². The van der Waals surface area contributed by atoms with Crippen LogP contribution in [0.15, 0.2) is 59.9 Å². The van der Waals surface area contributed by atoms with Crippen molar-refractivity contribution in [1.29, 1.82) is 0 Å². The van der Waals surface area contributed by atoms with Gasteiger partial charge < -0.3 is 24.1 Å². The summed E-state index contributed by atoms with van der Waals surface area (Å²) in [4.78, 5) is 0. The first-order valence-electron chi connectivity index (χ1n) is 11.8. The van der Waals surface area contributed by atoms with Gasteiger partial charge in [-0.1, -0.05) is 72.7 Å². The number of rotatable bonds is 21. The highest BCUT2D eigenvalue weighted by Gasteiger charge is 2.23. The number of allylic oxidation sites excluding steroid dienone is 8. The Morgan fingerprint density at radius 1 is 1.00 bits per heavy atom. The normalized spacial score (nSPS) is 13.7. The summed E-state index contributed by atoms with van der Waals surface area (Å²) >= 11 is 3.42. The first-order chi connectivity index (χ1) is 15.9. The van der Waals surface area contributed by atoms with Gasteiger partial charge >= 0.3 is 0 Å². The van der Waals surface area contributed by atoms with Crippen LogP contribution in [0.25, 0.3) is 0 Å². The Labute approximate surface area is 210 Å². The van der Waals surface area contributed by atoms with Crippen molar-refractivity contribution < 1.29 is 24.1 Å². The first kappa shape index (κ1) is 31.8. The van der Waals surface area contributed by atoms with E-state index in [4.69, 9.17) is 24.1 Å². The largest absolute Gasteiger partial charge is 0.496 e. The number of halogens is 1. The Kier molecular flexibility index (Phi) is 20.6. The fourth-order valence-electron chi connectivity index (χ4n) is 2.77. The molecule has 0 unspecified atom stereocenters. The van der Waals surface area contributed by atoms with Crippen molar-refractivity contribution in [3.63, 3.8) is 0 Å². The number of ether oxygens (including phenoxy) is 4. The molecule has 1 N–H and O–H groups in total. The van der Waals surface area contributed by atoms with Crippen molar-refractivity contribution in [2.75, 3.05) is 58.2 Å². The molecule has 0 atom stereocenters. The van der Waals surface area contributed by atoms with E-state index in [1.165, 1.54) is 11.1 Å². The third-order valence-corrected chi connectivity index (χ3v) is 5.70. The Bertz CT molecular complexity index is 620. The molecule has 5 nitrogen and oxygen atoms in total. The van der Waals surface area contributed by atoms with Crippen LogP contribution in [-0.4, -0.2) is 63.3 Å². The van der Waals surface area contributed by atoms with Gasteiger partial charge in [0.15, 0.2) is 0 Å². The molecule has 0 fully saturated rings. The zero-order valence-corrected chi connectivity index (χ0v) is 22.7. The predicted octanol–water partition coefficient (Wildman–Crippen LogP) is 6.16. The molecule has 0 aromatic rings. The summed E-state index contributed by atoms with van der Waals surface area (Å²) in [6, 6.07) is 0. The molecule has 0 aliphatic rings. The monoisotopic (exact) mass is 528 g/mol. The van der Waals surface area contributed by atoms with E-state index in [0.29, 0.717) is 39.6 Å². The van der Waals surface area contributed by atoms with E-state index in [-0.39, 0.29) is 12.0 Å². The topological polar surface area (TPSA) is 57.2 Å². The average molecular weight is 530 g/mol. The van der Waals surface area contributed by atoms with Gasteiger partial charge in [-0.2, -0.15) is 0 Å². The van der Waals surface area contributed by atoms with Gasteiger partial charge in [0.25, 0.3) is 0 Å². The Morgan fingerprint density at radius 3 is 2.33 bits per heavy atom. The Balaban J connectivity index is 4.90. The first-order valence-corrected chi connectivity index (χ1v) is 12.9. The van der Waals surface area contributed by atoms with Gasteiger partial charge in [-0.3, -0.25) is 0 Å². The summed E-state index contributed by atoms with van der Waals surface area (Å²) in [5, 5.41) is 9.63. The van der Waals surface area contributed by atoms with Crippen LogP contribution in [0.2, 0.25) is 0 Å². The number of hydrogen-bond acceptors (Lipinski definition) is 5. The van der Waals surface area contributed by atoms with Crippen LogP contribution >= 0.6 is 15.9 Å². The van der Waals surface area contributed by atoms with E-state index in [1.807, 2.05) is 6.08 Å². The minimum atomic E-state index is -0.137. The summed E-state index contributed by atoms with van der Waals surface area (Å²) in [5.41, 5.74) is 2.35.